The molecular formula is C24H34N8O5. The van der Waals surface area contributed by atoms with E-state index in [1.807, 2.05) is 23.1 Å². The summed E-state index contributed by atoms with van der Waals surface area (Å²) in [6, 6.07) is 9.15. The van der Waals surface area contributed by atoms with Crippen molar-refractivity contribution in [3.05, 3.63) is 48.5 Å². The van der Waals surface area contributed by atoms with Gasteiger partial charge in [0.15, 0.2) is 17.7 Å². The molecule has 5 atom stereocenters. The number of nitrogens with zero attached hydrogens (tertiary/aromatic N) is 5. The highest BCUT2D eigenvalue weighted by Gasteiger charge is 2.44. The Morgan fingerprint density at radius 3 is 2.68 bits per heavy atom. The monoisotopic (exact) mass is 514 g/mol. The summed E-state index contributed by atoms with van der Waals surface area (Å²) in [5, 5.41) is 34.1. The minimum absolute atomic E-state index is 0.203. The number of nitrogens with two attached hydrogens (primary N) is 2. The number of nitrogen functional groups attached to an aromatic ring is 1. The fourth-order valence-corrected chi connectivity index (χ4v) is 4.40. The van der Waals surface area contributed by atoms with Gasteiger partial charge in [0.1, 0.15) is 36.2 Å². The average molecular weight is 515 g/mol. The number of carbonyl (C=O) groups is 1. The first kappa shape index (κ1) is 26.9. The molecule has 37 heavy (non-hydrogen) atoms. The van der Waals surface area contributed by atoms with Crippen LogP contribution in [0.2, 0.25) is 0 Å². The average Bonchev–Trinajstić information content (AvgIpc) is 3.44. The molecule has 0 saturated carbocycles. The Kier molecular flexibility index (Phi) is 8.97. The lowest BCUT2D eigenvalue weighted by molar-refractivity contribution is -0.138. The van der Waals surface area contributed by atoms with Crippen molar-refractivity contribution in [3.8, 4) is 0 Å². The van der Waals surface area contributed by atoms with Gasteiger partial charge in [-0.1, -0.05) is 30.3 Å². The lowest BCUT2D eigenvalue weighted by Gasteiger charge is -2.27. The number of anilines is 1. The highest BCUT2D eigenvalue weighted by Crippen LogP contribution is 2.32. The molecular weight excluding hydrogens is 480 g/mol. The van der Waals surface area contributed by atoms with E-state index in [-0.39, 0.29) is 18.8 Å². The van der Waals surface area contributed by atoms with E-state index in [9.17, 15) is 20.1 Å². The molecule has 13 heteroatoms. The first-order chi connectivity index (χ1) is 17.8. The van der Waals surface area contributed by atoms with Crippen LogP contribution in [0.1, 0.15) is 18.2 Å². The van der Waals surface area contributed by atoms with Crippen molar-refractivity contribution in [2.45, 2.75) is 43.4 Å². The summed E-state index contributed by atoms with van der Waals surface area (Å²) >= 11 is 0. The number of rotatable bonds is 13. The topological polar surface area (TPSA) is 198 Å². The first-order valence-corrected chi connectivity index (χ1v) is 12.2. The SMILES string of the molecule is Nc1ncnc2c1ncn2[C@@H]1O[C@H](CN(CCNCCc2ccccc2)CC[C@H](N)C(=O)O)[C@@H](O)[C@H]1O. The molecule has 0 spiro atoms. The van der Waals surface area contributed by atoms with Crippen molar-refractivity contribution in [2.75, 3.05) is 38.5 Å². The molecule has 1 aliphatic heterocycles. The number of hydrogen-bond donors (Lipinski definition) is 6. The van der Waals surface area contributed by atoms with Crippen molar-refractivity contribution in [3.63, 3.8) is 0 Å². The van der Waals surface area contributed by atoms with Crippen LogP contribution in [0.4, 0.5) is 5.82 Å². The molecule has 0 amide bonds. The van der Waals surface area contributed by atoms with Crippen molar-refractivity contribution >= 4 is 23.0 Å². The quantitative estimate of drug-likeness (QED) is 0.152. The molecule has 8 N–H and O–H groups in total. The molecule has 1 aromatic carbocycles. The van der Waals surface area contributed by atoms with Crippen LogP contribution in [-0.4, -0.2) is 103 Å². The van der Waals surface area contributed by atoms with Crippen LogP contribution in [0.5, 0.6) is 0 Å². The summed E-state index contributed by atoms with van der Waals surface area (Å²) < 4.78 is 7.59. The summed E-state index contributed by atoms with van der Waals surface area (Å²) in [4.78, 5) is 25.5. The van der Waals surface area contributed by atoms with Gasteiger partial charge in [0.2, 0.25) is 0 Å². The van der Waals surface area contributed by atoms with E-state index in [4.69, 9.17) is 16.2 Å². The fourth-order valence-electron chi connectivity index (χ4n) is 4.40. The van der Waals surface area contributed by atoms with E-state index >= 15 is 0 Å². The number of ether oxygens (including phenoxy) is 1. The number of aliphatic hydroxyl groups is 2. The van der Waals surface area contributed by atoms with Gasteiger partial charge in [0.25, 0.3) is 0 Å². The standard InChI is InChI=1S/C24H34N8O5/c25-16(24(35)36)7-10-31(11-9-27-8-6-15-4-2-1-3-5-15)12-17-19(33)20(34)23(37-17)32-14-30-18-21(26)28-13-29-22(18)32/h1-5,13-14,16-17,19-20,23,27,33-34H,6-12,25H2,(H,35,36)(H2,26,28,29)/t16-,17+,19+,20+,23+/m0/s1. The van der Waals surface area contributed by atoms with Crippen LogP contribution in [0.15, 0.2) is 43.0 Å². The van der Waals surface area contributed by atoms with Gasteiger partial charge in [-0.25, -0.2) is 15.0 Å². The number of aromatic nitrogens is 4. The second kappa shape index (κ2) is 12.4. The number of aliphatic carboxylic acids is 1. The third kappa shape index (κ3) is 6.57. The predicted octanol–water partition coefficient (Wildman–Crippen LogP) is -1.04. The highest BCUT2D eigenvalue weighted by molar-refractivity contribution is 5.81. The van der Waals surface area contributed by atoms with Gasteiger partial charge in [-0.2, -0.15) is 0 Å². The minimum Gasteiger partial charge on any atom is -0.480 e. The summed E-state index contributed by atoms with van der Waals surface area (Å²) in [6.45, 7) is 2.66. The van der Waals surface area contributed by atoms with E-state index in [0.717, 1.165) is 13.0 Å². The van der Waals surface area contributed by atoms with Gasteiger partial charge < -0.3 is 36.8 Å². The summed E-state index contributed by atoms with van der Waals surface area (Å²) in [6.07, 6.45) is -0.211. The van der Waals surface area contributed by atoms with Crippen molar-refractivity contribution in [2.24, 2.45) is 5.73 Å². The molecule has 0 aliphatic carbocycles. The third-order valence-electron chi connectivity index (χ3n) is 6.55. The molecule has 200 valence electrons. The predicted molar refractivity (Wildman–Crippen MR) is 135 cm³/mol. The summed E-state index contributed by atoms with van der Waals surface area (Å²) in [5.41, 5.74) is 13.6. The zero-order valence-electron chi connectivity index (χ0n) is 20.4. The zero-order valence-corrected chi connectivity index (χ0v) is 20.4. The Labute approximate surface area is 214 Å². The minimum atomic E-state index is -1.23. The molecule has 13 nitrogen and oxygen atoms in total. The zero-order chi connectivity index (χ0) is 26.4. The second-order valence-electron chi connectivity index (χ2n) is 9.15. The number of carboxylic acids is 1. The van der Waals surface area contributed by atoms with E-state index in [0.29, 0.717) is 30.8 Å². The number of nitrogens with one attached hydrogen (secondary N) is 1. The number of fused-ring (bicyclic) bond motifs is 1. The maximum absolute atomic E-state index is 11.2. The van der Waals surface area contributed by atoms with Crippen molar-refractivity contribution < 1.29 is 24.9 Å². The Bertz CT molecular complexity index is 1160. The van der Waals surface area contributed by atoms with Gasteiger partial charge >= 0.3 is 5.97 Å². The molecule has 0 radical (unpaired) electrons. The van der Waals surface area contributed by atoms with E-state index in [1.165, 1.54) is 22.8 Å². The molecule has 0 bridgehead atoms. The van der Waals surface area contributed by atoms with Crippen LogP contribution in [0.3, 0.4) is 0 Å². The van der Waals surface area contributed by atoms with Gasteiger partial charge in [0.05, 0.1) is 6.33 Å². The van der Waals surface area contributed by atoms with Crippen LogP contribution in [0, 0.1) is 0 Å². The normalized spacial score (nSPS) is 22.6. The number of aliphatic hydroxyl groups excluding tert-OH is 2. The molecule has 1 saturated heterocycles. The molecule has 4 rings (SSSR count). The fraction of sp³-hybridized carbons (Fsp3) is 0.500. The number of benzene rings is 1. The van der Waals surface area contributed by atoms with E-state index in [2.05, 4.69) is 32.4 Å². The van der Waals surface area contributed by atoms with Crippen molar-refractivity contribution in [1.82, 2.24) is 29.7 Å². The number of carboxylic acid groups (broad SMARTS) is 1. The molecule has 1 aliphatic rings. The lowest BCUT2D eigenvalue weighted by atomic mass is 10.1. The van der Waals surface area contributed by atoms with Crippen LogP contribution >= 0.6 is 0 Å². The Morgan fingerprint density at radius 2 is 1.92 bits per heavy atom. The van der Waals surface area contributed by atoms with E-state index < -0.39 is 36.6 Å². The van der Waals surface area contributed by atoms with Gasteiger partial charge in [-0.15, -0.1) is 0 Å². The second-order valence-corrected chi connectivity index (χ2v) is 9.15. The maximum Gasteiger partial charge on any atom is 0.320 e. The molecule has 3 aromatic rings. The summed E-state index contributed by atoms with van der Waals surface area (Å²) in [5.74, 6) is -0.865. The first-order valence-electron chi connectivity index (χ1n) is 12.2. The number of hydrogen-bond acceptors (Lipinski definition) is 11. The third-order valence-corrected chi connectivity index (χ3v) is 6.55. The molecule has 0 unspecified atom stereocenters. The molecule has 1 fully saturated rings. The van der Waals surface area contributed by atoms with Crippen LogP contribution in [0.25, 0.3) is 11.2 Å². The Balaban J connectivity index is 1.37. The largest absolute Gasteiger partial charge is 0.480 e. The molecule has 2 aromatic heterocycles. The van der Waals surface area contributed by atoms with Gasteiger partial charge in [0, 0.05) is 26.2 Å². The van der Waals surface area contributed by atoms with Gasteiger partial charge in [-0.3, -0.25) is 14.3 Å². The lowest BCUT2D eigenvalue weighted by Crippen LogP contribution is -2.44. The Morgan fingerprint density at radius 1 is 1.14 bits per heavy atom. The van der Waals surface area contributed by atoms with E-state index in [1.54, 1.807) is 0 Å². The van der Waals surface area contributed by atoms with Crippen LogP contribution in [-0.2, 0) is 16.0 Å². The van der Waals surface area contributed by atoms with Crippen molar-refractivity contribution in [1.29, 1.82) is 0 Å². The smallest absolute Gasteiger partial charge is 0.320 e. The molecule has 3 heterocycles. The maximum atomic E-state index is 11.2. The number of imidazole rings is 1. The van der Waals surface area contributed by atoms with Gasteiger partial charge in [-0.05, 0) is 24.9 Å². The highest BCUT2D eigenvalue weighted by atomic mass is 16.6. The Hall–Kier alpha value is -3.20. The van der Waals surface area contributed by atoms with Crippen LogP contribution < -0.4 is 16.8 Å². The summed E-state index contributed by atoms with van der Waals surface area (Å²) in [7, 11) is 0.